The van der Waals surface area contributed by atoms with Gasteiger partial charge >= 0.3 is 0 Å². The summed E-state index contributed by atoms with van der Waals surface area (Å²) in [5, 5.41) is 15.6. The fourth-order valence-electron chi connectivity index (χ4n) is 5.20. The minimum Gasteiger partial charge on any atom is -0.378 e. The molecule has 1 aromatic carbocycles. The summed E-state index contributed by atoms with van der Waals surface area (Å²) in [4.78, 5) is 29.4. The number of benzene rings is 1. The third kappa shape index (κ3) is 5.89. The van der Waals surface area contributed by atoms with Crippen LogP contribution in [0.3, 0.4) is 0 Å². The molecule has 1 saturated carbocycles. The van der Waals surface area contributed by atoms with Crippen LogP contribution in [0.2, 0.25) is 0 Å². The number of likely N-dealkylation sites (N-methyl/N-ethyl adjacent to an activating group) is 1. The van der Waals surface area contributed by atoms with Crippen LogP contribution in [0.25, 0.3) is 0 Å². The van der Waals surface area contributed by atoms with Crippen LogP contribution in [0.4, 0.5) is 17.2 Å². The monoisotopic (exact) mass is 492 g/mol. The summed E-state index contributed by atoms with van der Waals surface area (Å²) in [6.07, 6.45) is 4.42. The number of morpholine rings is 1. The number of amides is 2. The lowest BCUT2D eigenvalue weighted by molar-refractivity contribution is -0.119. The summed E-state index contributed by atoms with van der Waals surface area (Å²) in [7, 11) is 1.73. The summed E-state index contributed by atoms with van der Waals surface area (Å²) >= 11 is 0. The van der Waals surface area contributed by atoms with Crippen molar-refractivity contribution in [3.8, 4) is 6.07 Å². The number of carbonyl (C=O) groups excluding carboxylic acids is 2. The third-order valence-electron chi connectivity index (χ3n) is 7.17. The van der Waals surface area contributed by atoms with Crippen molar-refractivity contribution in [1.29, 1.82) is 5.26 Å². The van der Waals surface area contributed by atoms with E-state index in [9.17, 15) is 14.9 Å². The van der Waals surface area contributed by atoms with Gasteiger partial charge in [0.05, 0.1) is 31.9 Å². The maximum absolute atomic E-state index is 12.9. The van der Waals surface area contributed by atoms with E-state index in [-0.39, 0.29) is 24.9 Å². The number of ether oxygens (including phenoxy) is 1. The Kier molecular flexibility index (Phi) is 8.28. The van der Waals surface area contributed by atoms with Gasteiger partial charge in [-0.3, -0.25) is 14.5 Å². The number of carbonyl (C=O) groups is 2. The van der Waals surface area contributed by atoms with Gasteiger partial charge in [-0.2, -0.15) is 5.26 Å². The van der Waals surface area contributed by atoms with Gasteiger partial charge in [0.1, 0.15) is 11.9 Å². The van der Waals surface area contributed by atoms with Gasteiger partial charge in [0.15, 0.2) is 0 Å². The van der Waals surface area contributed by atoms with Crippen LogP contribution < -0.4 is 15.5 Å². The lowest BCUT2D eigenvalue weighted by Crippen LogP contribution is -2.36. The maximum Gasteiger partial charge on any atom is 0.239 e. The smallest absolute Gasteiger partial charge is 0.239 e. The topological polar surface area (TPSA) is 103 Å². The van der Waals surface area contributed by atoms with Crippen LogP contribution in [0.1, 0.15) is 48.5 Å². The predicted molar refractivity (Wildman–Crippen MR) is 140 cm³/mol. The first-order chi connectivity index (χ1) is 17.4. The Balaban J connectivity index is 1.32. The molecule has 0 unspecified atom stereocenters. The van der Waals surface area contributed by atoms with E-state index in [4.69, 9.17) is 4.74 Å². The van der Waals surface area contributed by atoms with E-state index in [1.807, 2.05) is 38.1 Å². The standard InChI is InChI=1S/C27H36N6O3/c1-19-20(2)33(23-6-4-5-7-23)27(24(19)16-28)30-26(35)18-31(3)17-25(34)29-21-8-10-22(11-9-21)32-12-14-36-15-13-32/h8-11,23H,4-7,12-15,17-18H2,1-3H3,(H,29,34)(H,30,35). The largest absolute Gasteiger partial charge is 0.378 e. The number of nitriles is 1. The molecule has 0 spiro atoms. The van der Waals surface area contributed by atoms with E-state index in [1.54, 1.807) is 11.9 Å². The molecule has 4 rings (SSSR count). The molecule has 1 aliphatic carbocycles. The van der Waals surface area contributed by atoms with E-state index >= 15 is 0 Å². The van der Waals surface area contributed by atoms with Gasteiger partial charge in [-0.15, -0.1) is 0 Å². The number of nitrogens with zero attached hydrogens (tertiary/aromatic N) is 4. The third-order valence-corrected chi connectivity index (χ3v) is 7.17. The van der Waals surface area contributed by atoms with Crippen molar-refractivity contribution in [3.63, 3.8) is 0 Å². The average molecular weight is 493 g/mol. The van der Waals surface area contributed by atoms with Gasteiger partial charge in [0.25, 0.3) is 0 Å². The minimum absolute atomic E-state index is 0.0438. The summed E-state index contributed by atoms with van der Waals surface area (Å²) in [6.45, 7) is 7.22. The predicted octanol–water partition coefficient (Wildman–Crippen LogP) is 3.44. The highest BCUT2D eigenvalue weighted by Gasteiger charge is 2.27. The minimum atomic E-state index is -0.242. The zero-order valence-electron chi connectivity index (χ0n) is 21.5. The van der Waals surface area contributed by atoms with Crippen LogP contribution in [0.5, 0.6) is 0 Å². The Morgan fingerprint density at radius 2 is 1.67 bits per heavy atom. The highest BCUT2D eigenvalue weighted by molar-refractivity contribution is 5.95. The van der Waals surface area contributed by atoms with Crippen molar-refractivity contribution in [1.82, 2.24) is 9.47 Å². The molecule has 0 bridgehead atoms. The first-order valence-corrected chi connectivity index (χ1v) is 12.7. The molecule has 2 aromatic rings. The molecular weight excluding hydrogens is 456 g/mol. The molecule has 1 aromatic heterocycles. The Morgan fingerprint density at radius 3 is 2.28 bits per heavy atom. The van der Waals surface area contributed by atoms with Gasteiger partial charge < -0.3 is 24.8 Å². The van der Waals surface area contributed by atoms with Crippen molar-refractivity contribution < 1.29 is 14.3 Å². The van der Waals surface area contributed by atoms with Crippen LogP contribution in [0, 0.1) is 25.2 Å². The number of hydrogen-bond acceptors (Lipinski definition) is 6. The second-order valence-electron chi connectivity index (χ2n) is 9.77. The van der Waals surface area contributed by atoms with E-state index in [0.717, 1.165) is 68.9 Å². The molecule has 2 heterocycles. The van der Waals surface area contributed by atoms with Crippen LogP contribution in [-0.2, 0) is 14.3 Å². The second kappa shape index (κ2) is 11.6. The number of anilines is 3. The molecular formula is C27H36N6O3. The molecule has 2 aliphatic rings. The lowest BCUT2D eigenvalue weighted by Gasteiger charge is -2.28. The molecule has 9 heteroatoms. The van der Waals surface area contributed by atoms with Gasteiger partial charge in [-0.1, -0.05) is 12.8 Å². The SMILES string of the molecule is Cc1c(C#N)c(NC(=O)CN(C)CC(=O)Nc2ccc(N3CCOCC3)cc2)n(C2CCCC2)c1C. The van der Waals surface area contributed by atoms with Gasteiger partial charge in [-0.25, -0.2) is 0 Å². The van der Waals surface area contributed by atoms with Crippen LogP contribution >= 0.6 is 0 Å². The quantitative estimate of drug-likeness (QED) is 0.585. The van der Waals surface area contributed by atoms with E-state index < -0.39 is 0 Å². The van der Waals surface area contributed by atoms with E-state index in [0.29, 0.717) is 23.1 Å². The zero-order chi connectivity index (χ0) is 25.7. The normalized spacial score (nSPS) is 16.2. The number of rotatable bonds is 8. The fraction of sp³-hybridized carbons (Fsp3) is 0.519. The molecule has 0 radical (unpaired) electrons. The first-order valence-electron chi connectivity index (χ1n) is 12.7. The Bertz CT molecular complexity index is 1120. The van der Waals surface area contributed by atoms with Crippen molar-refractivity contribution in [2.24, 2.45) is 0 Å². The number of aromatic nitrogens is 1. The Morgan fingerprint density at radius 1 is 1.06 bits per heavy atom. The second-order valence-corrected chi connectivity index (χ2v) is 9.77. The maximum atomic E-state index is 12.9. The van der Waals surface area contributed by atoms with Gasteiger partial charge in [0.2, 0.25) is 11.8 Å². The summed E-state index contributed by atoms with van der Waals surface area (Å²) in [6, 6.07) is 10.3. The summed E-state index contributed by atoms with van der Waals surface area (Å²) in [5.41, 5.74) is 4.28. The van der Waals surface area contributed by atoms with Crippen molar-refractivity contribution in [2.45, 2.75) is 45.6 Å². The number of hydrogen-bond donors (Lipinski definition) is 2. The molecule has 2 N–H and O–H groups in total. The molecule has 0 atom stereocenters. The van der Waals surface area contributed by atoms with Crippen molar-refractivity contribution in [2.75, 3.05) is 62.0 Å². The zero-order valence-corrected chi connectivity index (χ0v) is 21.5. The lowest BCUT2D eigenvalue weighted by atomic mass is 10.2. The average Bonchev–Trinajstić information content (AvgIpc) is 3.46. The highest BCUT2D eigenvalue weighted by Crippen LogP contribution is 2.37. The Labute approximate surface area is 213 Å². The van der Waals surface area contributed by atoms with Gasteiger partial charge in [-0.05, 0) is 63.6 Å². The summed E-state index contributed by atoms with van der Waals surface area (Å²) < 4.78 is 7.53. The molecule has 192 valence electrons. The van der Waals surface area contributed by atoms with Crippen molar-refractivity contribution >= 4 is 29.0 Å². The van der Waals surface area contributed by atoms with Crippen molar-refractivity contribution in [3.05, 3.63) is 41.1 Å². The number of nitrogens with one attached hydrogen (secondary N) is 2. The van der Waals surface area contributed by atoms with Crippen LogP contribution in [-0.4, -0.2) is 67.7 Å². The van der Waals surface area contributed by atoms with E-state index in [2.05, 4.69) is 26.2 Å². The molecule has 1 aliphatic heterocycles. The van der Waals surface area contributed by atoms with E-state index in [1.165, 1.54) is 0 Å². The molecule has 36 heavy (non-hydrogen) atoms. The first kappa shape index (κ1) is 25.7. The fourth-order valence-corrected chi connectivity index (χ4v) is 5.20. The summed E-state index contributed by atoms with van der Waals surface area (Å²) in [5.74, 6) is 0.152. The highest BCUT2D eigenvalue weighted by atomic mass is 16.5. The Hall–Kier alpha value is -3.35. The molecule has 2 amide bonds. The molecule has 2 fully saturated rings. The molecule has 9 nitrogen and oxygen atoms in total. The van der Waals surface area contributed by atoms with Crippen LogP contribution in [0.15, 0.2) is 24.3 Å². The molecule has 1 saturated heterocycles. The van der Waals surface area contributed by atoms with Gasteiger partial charge in [0, 0.05) is 36.2 Å².